The first-order valence-electron chi connectivity index (χ1n) is 2.76. The molecule has 10 heavy (non-hydrogen) atoms. The summed E-state index contributed by atoms with van der Waals surface area (Å²) in [7, 11) is 0. The second kappa shape index (κ2) is 3.64. The first-order valence-corrected chi connectivity index (χ1v) is 3.54. The summed E-state index contributed by atoms with van der Waals surface area (Å²) in [5.74, 6) is 0. The molecule has 3 heteroatoms. The third kappa shape index (κ3) is 1.75. The van der Waals surface area contributed by atoms with Crippen LogP contribution < -0.4 is 0 Å². The van der Waals surface area contributed by atoms with E-state index in [9.17, 15) is 0 Å². The van der Waals surface area contributed by atoms with Gasteiger partial charge in [-0.1, -0.05) is 29.8 Å². The van der Waals surface area contributed by atoms with Crippen LogP contribution in [0.2, 0.25) is 5.02 Å². The molecule has 1 nitrogen and oxygen atoms in total. The van der Waals surface area contributed by atoms with Crippen LogP contribution in [0.15, 0.2) is 28.7 Å². The number of halogens is 1. The van der Waals surface area contributed by atoms with E-state index in [-0.39, 0.29) is 0 Å². The Labute approximate surface area is 70.3 Å². The van der Waals surface area contributed by atoms with Gasteiger partial charge in [-0.15, -0.1) is 0 Å². The lowest BCUT2D eigenvalue weighted by atomic mass is 10.2. The zero-order valence-corrected chi connectivity index (χ0v) is 6.81. The molecule has 0 unspecified atom stereocenters. The fourth-order valence-corrected chi connectivity index (χ4v) is 0.951. The quantitative estimate of drug-likeness (QED) is 0.493. The fraction of sp³-hybridized carbons (Fsp3) is 0. The van der Waals surface area contributed by atoms with Gasteiger partial charge in [0.15, 0.2) is 0 Å². The number of rotatable bonds is 1. The third-order valence-electron chi connectivity index (χ3n) is 1.10. The Morgan fingerprint density at radius 1 is 1.40 bits per heavy atom. The van der Waals surface area contributed by atoms with Gasteiger partial charge in [-0.05, 0) is 18.9 Å². The zero-order valence-electron chi connectivity index (χ0n) is 5.16. The molecule has 1 rings (SSSR count). The van der Waals surface area contributed by atoms with E-state index in [1.165, 1.54) is 0 Å². The van der Waals surface area contributed by atoms with Crippen molar-refractivity contribution in [1.29, 1.82) is 0 Å². The highest BCUT2D eigenvalue weighted by Crippen LogP contribution is 2.12. The lowest BCUT2D eigenvalue weighted by Crippen LogP contribution is -1.78. The molecule has 0 N–H and O–H groups in total. The van der Waals surface area contributed by atoms with Gasteiger partial charge < -0.3 is 0 Å². The van der Waals surface area contributed by atoms with E-state index in [1.54, 1.807) is 6.21 Å². The molecule has 1 aromatic carbocycles. The highest BCUT2D eigenvalue weighted by molar-refractivity contribution is 7.79. The molecule has 0 aliphatic carbocycles. The van der Waals surface area contributed by atoms with E-state index in [2.05, 4.69) is 17.2 Å². The minimum absolute atomic E-state index is 0.695. The molecule has 0 amide bonds. The molecule has 0 saturated carbocycles. The average molecular weight is 172 g/mol. The van der Waals surface area contributed by atoms with Crippen molar-refractivity contribution in [2.45, 2.75) is 0 Å². The number of thiol groups is 1. The number of benzene rings is 1. The normalized spacial score (nSPS) is 10.6. The van der Waals surface area contributed by atoms with Crippen molar-refractivity contribution < 1.29 is 0 Å². The Morgan fingerprint density at radius 3 is 2.70 bits per heavy atom. The highest BCUT2D eigenvalue weighted by atomic mass is 35.5. The Morgan fingerprint density at radius 2 is 2.10 bits per heavy atom. The Hall–Kier alpha value is -0.470. The van der Waals surface area contributed by atoms with Crippen molar-refractivity contribution >= 4 is 30.6 Å². The molecule has 0 spiro atoms. The maximum Gasteiger partial charge on any atom is 0.0494 e. The van der Waals surface area contributed by atoms with Crippen molar-refractivity contribution in [3.8, 4) is 0 Å². The molecule has 52 valence electrons. The Bertz CT molecular complexity index is 247. The zero-order chi connectivity index (χ0) is 7.40. The molecular formula is C7H6ClNS. The van der Waals surface area contributed by atoms with E-state index < -0.39 is 0 Å². The molecule has 0 aliphatic rings. The van der Waals surface area contributed by atoms with Gasteiger partial charge in [-0.3, -0.25) is 0 Å². The van der Waals surface area contributed by atoms with Crippen molar-refractivity contribution in [3.05, 3.63) is 34.9 Å². The summed E-state index contributed by atoms with van der Waals surface area (Å²) in [6.45, 7) is 0. The van der Waals surface area contributed by atoms with Gasteiger partial charge in [-0.25, -0.2) is 4.40 Å². The molecule has 1 aromatic rings. The van der Waals surface area contributed by atoms with Crippen molar-refractivity contribution in [2.75, 3.05) is 0 Å². The number of hydrogen-bond acceptors (Lipinski definition) is 2. The predicted molar refractivity (Wildman–Crippen MR) is 48.0 cm³/mol. The largest absolute Gasteiger partial charge is 0.227 e. The summed E-state index contributed by atoms with van der Waals surface area (Å²) in [5.41, 5.74) is 0.888. The van der Waals surface area contributed by atoms with Crippen molar-refractivity contribution in [1.82, 2.24) is 0 Å². The van der Waals surface area contributed by atoms with Crippen LogP contribution in [0.25, 0.3) is 0 Å². The lowest BCUT2D eigenvalue weighted by Gasteiger charge is -1.92. The lowest BCUT2D eigenvalue weighted by molar-refractivity contribution is 1.67. The van der Waals surface area contributed by atoms with Crippen LogP contribution in [0.5, 0.6) is 0 Å². The molecule has 0 saturated heterocycles. The van der Waals surface area contributed by atoms with E-state index >= 15 is 0 Å². The summed E-state index contributed by atoms with van der Waals surface area (Å²) in [5, 5.41) is 0.695. The van der Waals surface area contributed by atoms with Crippen molar-refractivity contribution in [2.24, 2.45) is 4.40 Å². The average Bonchev–Trinajstić information content (AvgIpc) is 1.94. The van der Waals surface area contributed by atoms with Gasteiger partial charge in [0.2, 0.25) is 0 Å². The second-order valence-electron chi connectivity index (χ2n) is 1.77. The Balaban J connectivity index is 3.03. The van der Waals surface area contributed by atoms with Crippen LogP contribution in [0, 0.1) is 0 Å². The van der Waals surface area contributed by atoms with Crippen LogP contribution in [0.1, 0.15) is 5.56 Å². The minimum atomic E-state index is 0.695. The second-order valence-corrected chi connectivity index (χ2v) is 2.40. The summed E-state index contributed by atoms with van der Waals surface area (Å²) < 4.78 is 3.55. The van der Waals surface area contributed by atoms with Crippen LogP contribution in [0.4, 0.5) is 0 Å². The third-order valence-corrected chi connectivity index (χ3v) is 1.56. The monoisotopic (exact) mass is 171 g/mol. The number of nitrogens with zero attached hydrogens (tertiary/aromatic N) is 1. The molecule has 0 fully saturated rings. The minimum Gasteiger partial charge on any atom is -0.227 e. The van der Waals surface area contributed by atoms with Gasteiger partial charge in [0.05, 0.1) is 0 Å². The highest BCUT2D eigenvalue weighted by Gasteiger charge is 1.91. The Kier molecular flexibility index (Phi) is 2.78. The van der Waals surface area contributed by atoms with Crippen LogP contribution in [0.3, 0.4) is 0 Å². The topological polar surface area (TPSA) is 12.4 Å². The van der Waals surface area contributed by atoms with Gasteiger partial charge >= 0.3 is 0 Å². The SMILES string of the molecule is SN=Cc1ccccc1Cl. The summed E-state index contributed by atoms with van der Waals surface area (Å²) in [6, 6.07) is 7.46. The predicted octanol–water partition coefficient (Wildman–Crippen LogP) is 2.60. The standard InChI is InChI=1S/C7H6ClNS/c8-7-4-2-1-3-6(7)5-9-10/h1-5,10H. The van der Waals surface area contributed by atoms with Crippen LogP contribution >= 0.6 is 24.4 Å². The molecule has 0 radical (unpaired) electrons. The molecule has 0 bridgehead atoms. The molecule has 0 aromatic heterocycles. The summed E-state index contributed by atoms with van der Waals surface area (Å²) in [4.78, 5) is 0. The fourth-order valence-electron chi connectivity index (χ4n) is 0.642. The van der Waals surface area contributed by atoms with Gasteiger partial charge in [0.25, 0.3) is 0 Å². The van der Waals surface area contributed by atoms with Gasteiger partial charge in [0, 0.05) is 16.8 Å². The maximum absolute atomic E-state index is 5.78. The first kappa shape index (κ1) is 7.63. The van der Waals surface area contributed by atoms with E-state index in [0.29, 0.717) is 5.02 Å². The van der Waals surface area contributed by atoms with Crippen molar-refractivity contribution in [3.63, 3.8) is 0 Å². The molecule has 0 aliphatic heterocycles. The smallest absolute Gasteiger partial charge is 0.0494 e. The van der Waals surface area contributed by atoms with E-state index in [4.69, 9.17) is 11.6 Å². The summed E-state index contributed by atoms with van der Waals surface area (Å²) >= 11 is 9.47. The first-order chi connectivity index (χ1) is 4.84. The maximum atomic E-state index is 5.78. The van der Waals surface area contributed by atoms with Crippen LogP contribution in [-0.2, 0) is 0 Å². The number of hydrogen-bond donors (Lipinski definition) is 1. The van der Waals surface area contributed by atoms with Gasteiger partial charge in [0.1, 0.15) is 0 Å². The van der Waals surface area contributed by atoms with Gasteiger partial charge in [-0.2, -0.15) is 0 Å². The van der Waals surface area contributed by atoms with Crippen LogP contribution in [-0.4, -0.2) is 6.21 Å². The van der Waals surface area contributed by atoms with E-state index in [1.807, 2.05) is 24.3 Å². The summed E-state index contributed by atoms with van der Waals surface area (Å²) in [6.07, 6.45) is 1.60. The van der Waals surface area contributed by atoms with E-state index in [0.717, 1.165) is 5.56 Å². The molecule has 0 heterocycles. The molecule has 0 atom stereocenters. The molecular weight excluding hydrogens is 166 g/mol.